The number of hydrogen-bond donors (Lipinski definition) is 1. The van der Waals surface area contributed by atoms with E-state index in [0.717, 1.165) is 6.42 Å². The second-order valence-electron chi connectivity index (χ2n) is 4.13. The lowest BCUT2D eigenvalue weighted by molar-refractivity contribution is -0.132. The van der Waals surface area contributed by atoms with Crippen molar-refractivity contribution in [1.82, 2.24) is 9.21 Å². The first-order valence-corrected chi connectivity index (χ1v) is 7.58. The Labute approximate surface area is 103 Å². The number of amides is 1. The lowest BCUT2D eigenvalue weighted by Crippen LogP contribution is -2.51. The zero-order valence-electron chi connectivity index (χ0n) is 10.3. The van der Waals surface area contributed by atoms with Crippen LogP contribution in [-0.4, -0.2) is 62.0 Å². The summed E-state index contributed by atoms with van der Waals surface area (Å²) in [5, 5.41) is 0. The Hall–Kier alpha value is -0.660. The second-order valence-corrected chi connectivity index (χ2v) is 6.22. The molecule has 7 heteroatoms. The van der Waals surface area contributed by atoms with Crippen LogP contribution in [0.2, 0.25) is 0 Å². The van der Waals surface area contributed by atoms with Crippen LogP contribution in [0.3, 0.4) is 0 Å². The quantitative estimate of drug-likeness (QED) is 0.705. The summed E-state index contributed by atoms with van der Waals surface area (Å²) in [5.41, 5.74) is 5.27. The lowest BCUT2D eigenvalue weighted by atomic mass is 10.2. The predicted molar refractivity (Wildman–Crippen MR) is 65.9 cm³/mol. The molecule has 0 atom stereocenters. The monoisotopic (exact) mass is 263 g/mol. The van der Waals surface area contributed by atoms with Gasteiger partial charge < -0.3 is 10.6 Å². The molecule has 17 heavy (non-hydrogen) atoms. The molecule has 0 bridgehead atoms. The Kier molecular flexibility index (Phi) is 5.35. The first-order chi connectivity index (χ1) is 8.01. The molecule has 100 valence electrons. The summed E-state index contributed by atoms with van der Waals surface area (Å²) >= 11 is 0. The van der Waals surface area contributed by atoms with Gasteiger partial charge in [-0.2, -0.15) is 4.31 Å². The normalized spacial score (nSPS) is 18.4. The van der Waals surface area contributed by atoms with Crippen molar-refractivity contribution in [1.29, 1.82) is 0 Å². The van der Waals surface area contributed by atoms with E-state index in [1.807, 2.05) is 6.92 Å². The SMILES string of the molecule is CCCC(=O)N1CCN(S(=O)(=O)CCN)CC1. The van der Waals surface area contributed by atoms with Gasteiger partial charge in [0.05, 0.1) is 5.75 Å². The fraction of sp³-hybridized carbons (Fsp3) is 0.900. The molecule has 0 aromatic heterocycles. The minimum atomic E-state index is -3.22. The van der Waals surface area contributed by atoms with Crippen molar-refractivity contribution in [3.63, 3.8) is 0 Å². The van der Waals surface area contributed by atoms with Gasteiger partial charge in [0.2, 0.25) is 15.9 Å². The number of carbonyl (C=O) groups excluding carboxylic acids is 1. The third kappa shape index (κ3) is 3.93. The molecule has 0 aliphatic carbocycles. The highest BCUT2D eigenvalue weighted by Gasteiger charge is 2.27. The molecule has 1 saturated heterocycles. The highest BCUT2D eigenvalue weighted by atomic mass is 32.2. The van der Waals surface area contributed by atoms with E-state index in [4.69, 9.17) is 5.73 Å². The van der Waals surface area contributed by atoms with Gasteiger partial charge in [-0.3, -0.25) is 4.79 Å². The van der Waals surface area contributed by atoms with Crippen LogP contribution in [0.5, 0.6) is 0 Å². The minimum Gasteiger partial charge on any atom is -0.340 e. The molecule has 2 N–H and O–H groups in total. The van der Waals surface area contributed by atoms with Crippen LogP contribution in [-0.2, 0) is 14.8 Å². The standard InChI is InChI=1S/C10H21N3O3S/c1-2-3-10(14)12-5-7-13(8-6-12)17(15,16)9-4-11/h2-9,11H2,1H3. The third-order valence-corrected chi connectivity index (χ3v) is 4.73. The number of nitrogens with zero attached hydrogens (tertiary/aromatic N) is 2. The van der Waals surface area contributed by atoms with Crippen LogP contribution < -0.4 is 5.73 Å². The lowest BCUT2D eigenvalue weighted by Gasteiger charge is -2.34. The molecule has 1 aliphatic heterocycles. The van der Waals surface area contributed by atoms with Gasteiger partial charge in [0.1, 0.15) is 0 Å². The number of hydrogen-bond acceptors (Lipinski definition) is 4. The highest BCUT2D eigenvalue weighted by Crippen LogP contribution is 2.09. The Bertz CT molecular complexity index is 348. The second kappa shape index (κ2) is 6.32. The van der Waals surface area contributed by atoms with Gasteiger partial charge in [0.15, 0.2) is 0 Å². The van der Waals surface area contributed by atoms with Gasteiger partial charge in [0, 0.05) is 39.1 Å². The Morgan fingerprint density at radius 1 is 1.24 bits per heavy atom. The molecule has 1 rings (SSSR count). The molecule has 1 fully saturated rings. The summed E-state index contributed by atoms with van der Waals surface area (Å²) in [6.45, 7) is 3.85. The van der Waals surface area contributed by atoms with Crippen LogP contribution in [0, 0.1) is 0 Å². The summed E-state index contributed by atoms with van der Waals surface area (Å²) in [6.07, 6.45) is 1.36. The Morgan fingerprint density at radius 3 is 2.29 bits per heavy atom. The van der Waals surface area contributed by atoms with Crippen molar-refractivity contribution < 1.29 is 13.2 Å². The summed E-state index contributed by atoms with van der Waals surface area (Å²) in [4.78, 5) is 13.4. The zero-order chi connectivity index (χ0) is 12.9. The maximum atomic E-state index is 11.7. The van der Waals surface area contributed by atoms with Crippen LogP contribution in [0.25, 0.3) is 0 Å². The van der Waals surface area contributed by atoms with E-state index in [0.29, 0.717) is 32.6 Å². The van der Waals surface area contributed by atoms with Crippen LogP contribution in [0.1, 0.15) is 19.8 Å². The van der Waals surface area contributed by atoms with E-state index in [1.165, 1.54) is 4.31 Å². The van der Waals surface area contributed by atoms with Crippen molar-refractivity contribution in [2.45, 2.75) is 19.8 Å². The molecule has 0 spiro atoms. The fourth-order valence-electron chi connectivity index (χ4n) is 1.87. The van der Waals surface area contributed by atoms with E-state index >= 15 is 0 Å². The highest BCUT2D eigenvalue weighted by molar-refractivity contribution is 7.89. The van der Waals surface area contributed by atoms with Gasteiger partial charge in [-0.1, -0.05) is 6.92 Å². The largest absolute Gasteiger partial charge is 0.340 e. The Balaban J connectivity index is 2.48. The molecule has 1 heterocycles. The maximum Gasteiger partial charge on any atom is 0.222 e. The number of nitrogens with two attached hydrogens (primary N) is 1. The first kappa shape index (κ1) is 14.4. The van der Waals surface area contributed by atoms with Crippen LogP contribution in [0.15, 0.2) is 0 Å². The topological polar surface area (TPSA) is 83.7 Å². The van der Waals surface area contributed by atoms with Gasteiger partial charge in [-0.05, 0) is 6.42 Å². The molecule has 6 nitrogen and oxygen atoms in total. The summed E-state index contributed by atoms with van der Waals surface area (Å²) in [5.74, 6) is 0.0963. The predicted octanol–water partition coefficient (Wildman–Crippen LogP) is -0.781. The smallest absolute Gasteiger partial charge is 0.222 e. The molecular weight excluding hydrogens is 242 g/mol. The summed E-state index contributed by atoms with van der Waals surface area (Å²) in [6, 6.07) is 0. The first-order valence-electron chi connectivity index (χ1n) is 5.97. The van der Waals surface area contributed by atoms with E-state index in [1.54, 1.807) is 4.90 Å². The van der Waals surface area contributed by atoms with Gasteiger partial charge in [-0.15, -0.1) is 0 Å². The molecule has 1 aliphatic rings. The van der Waals surface area contributed by atoms with E-state index < -0.39 is 10.0 Å². The van der Waals surface area contributed by atoms with Crippen molar-refractivity contribution >= 4 is 15.9 Å². The molecule has 0 aromatic rings. The average molecular weight is 263 g/mol. The van der Waals surface area contributed by atoms with Crippen LogP contribution >= 0.6 is 0 Å². The average Bonchev–Trinajstić information content (AvgIpc) is 2.29. The molecule has 1 amide bonds. The summed E-state index contributed by atoms with van der Waals surface area (Å²) in [7, 11) is -3.22. The van der Waals surface area contributed by atoms with Gasteiger partial charge >= 0.3 is 0 Å². The van der Waals surface area contributed by atoms with Crippen molar-refractivity contribution in [3.8, 4) is 0 Å². The minimum absolute atomic E-state index is 0.0179. The number of piperazine rings is 1. The van der Waals surface area contributed by atoms with E-state index in [2.05, 4.69) is 0 Å². The fourth-order valence-corrected chi connectivity index (χ4v) is 3.14. The molecule has 0 saturated carbocycles. The van der Waals surface area contributed by atoms with Crippen LogP contribution in [0.4, 0.5) is 0 Å². The molecule has 0 aromatic carbocycles. The Morgan fingerprint density at radius 2 is 1.82 bits per heavy atom. The van der Waals surface area contributed by atoms with Gasteiger partial charge in [-0.25, -0.2) is 8.42 Å². The van der Waals surface area contributed by atoms with Crippen molar-refractivity contribution in [3.05, 3.63) is 0 Å². The van der Waals surface area contributed by atoms with E-state index in [-0.39, 0.29) is 18.2 Å². The van der Waals surface area contributed by atoms with Crippen molar-refractivity contribution in [2.75, 3.05) is 38.5 Å². The van der Waals surface area contributed by atoms with Gasteiger partial charge in [0.25, 0.3) is 0 Å². The number of rotatable bonds is 5. The summed E-state index contributed by atoms with van der Waals surface area (Å²) < 4.78 is 24.9. The molecule has 0 unspecified atom stereocenters. The maximum absolute atomic E-state index is 11.7. The van der Waals surface area contributed by atoms with E-state index in [9.17, 15) is 13.2 Å². The molecule has 0 radical (unpaired) electrons. The zero-order valence-corrected chi connectivity index (χ0v) is 11.1. The number of sulfonamides is 1. The van der Waals surface area contributed by atoms with Crippen molar-refractivity contribution in [2.24, 2.45) is 5.73 Å². The third-order valence-electron chi connectivity index (χ3n) is 2.82. The molecular formula is C10H21N3O3S. The number of carbonyl (C=O) groups is 1.